The van der Waals surface area contributed by atoms with Crippen LogP contribution in [0, 0.1) is 12.3 Å². The lowest BCUT2D eigenvalue weighted by Gasteiger charge is -2.18. The number of rotatable bonds is 4. The van der Waals surface area contributed by atoms with E-state index in [0.29, 0.717) is 11.1 Å². The van der Waals surface area contributed by atoms with Crippen LogP contribution in [-0.2, 0) is 22.3 Å². The number of carbonyl (C=O) groups is 1. The van der Waals surface area contributed by atoms with E-state index in [2.05, 4.69) is 10.2 Å². The number of ether oxygens (including phenoxy) is 1. The Morgan fingerprint density at radius 2 is 1.80 bits per heavy atom. The highest BCUT2D eigenvalue weighted by Gasteiger charge is 2.37. The van der Waals surface area contributed by atoms with E-state index in [1.165, 1.54) is 18.3 Å². The first-order chi connectivity index (χ1) is 13.9. The van der Waals surface area contributed by atoms with Crippen molar-refractivity contribution in [2.24, 2.45) is 5.41 Å². The van der Waals surface area contributed by atoms with Gasteiger partial charge in [0.1, 0.15) is 12.7 Å². The predicted molar refractivity (Wildman–Crippen MR) is 102 cm³/mol. The quantitative estimate of drug-likeness (QED) is 0.638. The van der Waals surface area contributed by atoms with Crippen molar-refractivity contribution in [2.75, 3.05) is 0 Å². The molecular weight excluding hydrogens is 399 g/mol. The number of alkyl halides is 3. The van der Waals surface area contributed by atoms with Crippen LogP contribution in [0.1, 0.15) is 55.0 Å². The Labute approximate surface area is 171 Å². The molecule has 30 heavy (non-hydrogen) atoms. The molecule has 0 fully saturated rings. The summed E-state index contributed by atoms with van der Waals surface area (Å²) in [6, 6.07) is 7.95. The third-order valence-electron chi connectivity index (χ3n) is 4.66. The molecule has 0 bridgehead atoms. The highest BCUT2D eigenvalue weighted by atomic mass is 19.4. The van der Waals surface area contributed by atoms with Gasteiger partial charge in [-0.25, -0.2) is 0 Å². The molecule has 6 nitrogen and oxygen atoms in total. The minimum absolute atomic E-state index is 0.0229. The number of aromatic nitrogens is 3. The molecule has 0 saturated heterocycles. The van der Waals surface area contributed by atoms with Gasteiger partial charge in [0.2, 0.25) is 5.82 Å². The van der Waals surface area contributed by atoms with Gasteiger partial charge in [-0.05, 0) is 68.1 Å². The van der Waals surface area contributed by atoms with E-state index in [-0.39, 0.29) is 18.2 Å². The molecule has 0 amide bonds. The average Bonchev–Trinajstić information content (AvgIpc) is 3.09. The minimum Gasteiger partial charge on any atom is -0.460 e. The topological polar surface area (TPSA) is 76.7 Å². The van der Waals surface area contributed by atoms with Crippen molar-refractivity contribution in [3.05, 3.63) is 64.6 Å². The molecule has 0 aliphatic carbocycles. The van der Waals surface area contributed by atoms with Crippen LogP contribution >= 0.6 is 0 Å². The second kappa shape index (κ2) is 7.71. The van der Waals surface area contributed by atoms with Gasteiger partial charge < -0.3 is 9.84 Å². The first kappa shape index (κ1) is 21.8. The maximum atomic E-state index is 13.0. The number of pyridine rings is 1. The summed E-state index contributed by atoms with van der Waals surface area (Å²) in [5.74, 6) is -1.47. The Morgan fingerprint density at radius 1 is 1.13 bits per heavy atom. The average molecular weight is 421 g/mol. The Balaban J connectivity index is 1.86. The molecule has 3 rings (SSSR count). The number of hydrogen-bond acceptors (Lipinski definition) is 5. The van der Waals surface area contributed by atoms with Crippen molar-refractivity contribution < 1.29 is 27.8 Å². The van der Waals surface area contributed by atoms with E-state index in [1.807, 2.05) is 6.92 Å². The van der Waals surface area contributed by atoms with E-state index in [4.69, 9.17) is 4.74 Å². The molecule has 2 aromatic heterocycles. The molecule has 0 saturated carbocycles. The lowest BCUT2D eigenvalue weighted by molar-refractivity contribution is -0.154. The summed E-state index contributed by atoms with van der Waals surface area (Å²) in [5.41, 5.74) is 1.84. The molecule has 1 aromatic carbocycles. The number of carbonyl (C=O) groups excluding carboxylic acids is 1. The summed E-state index contributed by atoms with van der Waals surface area (Å²) >= 11 is 0. The van der Waals surface area contributed by atoms with Crippen molar-refractivity contribution in [2.45, 2.75) is 46.6 Å². The summed E-state index contributed by atoms with van der Waals surface area (Å²) in [6.45, 7) is 7.19. The molecule has 3 aromatic rings. The molecule has 160 valence electrons. The molecule has 1 atom stereocenters. The number of halogens is 3. The Hall–Kier alpha value is -2.94. The van der Waals surface area contributed by atoms with Crippen molar-refractivity contribution in [3.8, 4) is 0 Å². The Bertz CT molecular complexity index is 1080. The molecule has 2 heterocycles. The molecule has 1 N–H and O–H groups in total. The SMILES string of the molecule is Cc1ccc(C(O)c2ccn3c(C(F)(F)F)nnc3c2)cc1COC(=O)C(C)(C)C. The largest absolute Gasteiger partial charge is 0.460 e. The van der Waals surface area contributed by atoms with E-state index < -0.39 is 23.5 Å². The van der Waals surface area contributed by atoms with Gasteiger partial charge in [-0.15, -0.1) is 10.2 Å². The Kier molecular flexibility index (Phi) is 5.60. The zero-order chi connectivity index (χ0) is 22.3. The van der Waals surface area contributed by atoms with Crippen molar-refractivity contribution in [1.82, 2.24) is 14.6 Å². The number of aliphatic hydroxyl groups excluding tert-OH is 1. The zero-order valence-corrected chi connectivity index (χ0v) is 17.0. The predicted octanol–water partition coefficient (Wildman–Crippen LogP) is 4.23. The number of esters is 1. The normalized spacial score (nSPS) is 13.5. The smallest absolute Gasteiger partial charge is 0.452 e. The fraction of sp³-hybridized carbons (Fsp3) is 0.381. The van der Waals surface area contributed by atoms with Gasteiger partial charge in [0, 0.05) is 6.20 Å². The van der Waals surface area contributed by atoms with Gasteiger partial charge in [0.25, 0.3) is 0 Å². The first-order valence-electron chi connectivity index (χ1n) is 9.24. The van der Waals surface area contributed by atoms with Crippen LogP contribution in [0.2, 0.25) is 0 Å². The third-order valence-corrected chi connectivity index (χ3v) is 4.66. The van der Waals surface area contributed by atoms with Crippen molar-refractivity contribution in [1.29, 1.82) is 0 Å². The summed E-state index contributed by atoms with van der Waals surface area (Å²) in [4.78, 5) is 12.0. The van der Waals surface area contributed by atoms with Crippen LogP contribution in [0.25, 0.3) is 5.65 Å². The second-order valence-corrected chi connectivity index (χ2v) is 8.12. The van der Waals surface area contributed by atoms with Crippen LogP contribution in [0.5, 0.6) is 0 Å². The minimum atomic E-state index is -4.63. The number of benzene rings is 1. The van der Waals surface area contributed by atoms with Crippen molar-refractivity contribution >= 4 is 11.6 Å². The van der Waals surface area contributed by atoms with Gasteiger partial charge in [-0.3, -0.25) is 9.20 Å². The fourth-order valence-electron chi connectivity index (χ4n) is 2.84. The van der Waals surface area contributed by atoms with Gasteiger partial charge in [0.05, 0.1) is 5.41 Å². The van der Waals surface area contributed by atoms with E-state index in [1.54, 1.807) is 39.0 Å². The van der Waals surface area contributed by atoms with Crippen LogP contribution < -0.4 is 0 Å². The zero-order valence-electron chi connectivity index (χ0n) is 17.0. The van der Waals surface area contributed by atoms with Gasteiger partial charge in [-0.1, -0.05) is 12.1 Å². The molecule has 1 unspecified atom stereocenters. The molecule has 0 spiro atoms. The van der Waals surface area contributed by atoms with Gasteiger partial charge >= 0.3 is 12.1 Å². The van der Waals surface area contributed by atoms with Crippen LogP contribution in [0.15, 0.2) is 36.5 Å². The number of fused-ring (bicyclic) bond motifs is 1. The summed E-state index contributed by atoms with van der Waals surface area (Å²) < 4.78 is 45.0. The fourth-order valence-corrected chi connectivity index (χ4v) is 2.84. The van der Waals surface area contributed by atoms with E-state index in [0.717, 1.165) is 15.5 Å². The van der Waals surface area contributed by atoms with Crippen molar-refractivity contribution in [3.63, 3.8) is 0 Å². The summed E-state index contributed by atoms with van der Waals surface area (Å²) in [7, 11) is 0. The molecule has 0 aliphatic heterocycles. The second-order valence-electron chi connectivity index (χ2n) is 8.12. The number of aliphatic hydroxyl groups is 1. The van der Waals surface area contributed by atoms with Gasteiger partial charge in [-0.2, -0.15) is 13.2 Å². The summed E-state index contributed by atoms with van der Waals surface area (Å²) in [5, 5.41) is 17.5. The third kappa shape index (κ3) is 4.46. The first-order valence-corrected chi connectivity index (χ1v) is 9.24. The summed E-state index contributed by atoms with van der Waals surface area (Å²) in [6.07, 6.45) is -4.55. The lowest BCUT2D eigenvalue weighted by atomic mass is 9.97. The maximum absolute atomic E-state index is 13.0. The lowest BCUT2D eigenvalue weighted by Crippen LogP contribution is -2.22. The van der Waals surface area contributed by atoms with Crippen LogP contribution in [0.3, 0.4) is 0 Å². The highest BCUT2D eigenvalue weighted by Crippen LogP contribution is 2.30. The molecular formula is C21H22F3N3O3. The molecule has 9 heteroatoms. The van der Waals surface area contributed by atoms with E-state index >= 15 is 0 Å². The van der Waals surface area contributed by atoms with Crippen LogP contribution in [0.4, 0.5) is 13.2 Å². The number of aryl methyl sites for hydroxylation is 1. The molecule has 0 radical (unpaired) electrons. The van der Waals surface area contributed by atoms with Gasteiger partial charge in [0.15, 0.2) is 5.65 Å². The standard InChI is InChI=1S/C21H22F3N3O3/c1-12-5-6-13(9-15(12)11-30-19(29)20(2,3)4)17(28)14-7-8-27-16(10-14)25-26-18(27)21(22,23)24/h5-10,17,28H,11H2,1-4H3. The van der Waals surface area contributed by atoms with E-state index in [9.17, 15) is 23.1 Å². The number of hydrogen-bond donors (Lipinski definition) is 1. The Morgan fingerprint density at radius 3 is 2.43 bits per heavy atom. The maximum Gasteiger partial charge on any atom is 0.452 e. The molecule has 0 aliphatic rings. The monoisotopic (exact) mass is 421 g/mol. The highest BCUT2D eigenvalue weighted by molar-refractivity contribution is 5.75. The number of nitrogens with zero attached hydrogens (tertiary/aromatic N) is 3. The van der Waals surface area contributed by atoms with Crippen LogP contribution in [-0.4, -0.2) is 25.7 Å².